The number of rotatable bonds is 6. The number of phenolic OH excluding ortho intramolecular Hbond substituents is 1. The molecule has 1 saturated carbocycles. The van der Waals surface area contributed by atoms with Crippen LogP contribution in [0.4, 0.5) is 0 Å². The molecule has 1 heteroatoms. The molecule has 0 radical (unpaired) electrons. The Morgan fingerprint density at radius 3 is 2.33 bits per heavy atom. The van der Waals surface area contributed by atoms with Gasteiger partial charge in [-0.05, 0) is 53.2 Å². The Hall–Kier alpha value is -0.980. The minimum absolute atomic E-state index is 0.134. The molecule has 0 spiro atoms. The summed E-state index contributed by atoms with van der Waals surface area (Å²) in [6, 6.07) is 4.60. The number of aromatic hydroxyl groups is 1. The zero-order chi connectivity index (χ0) is 17.7. The van der Waals surface area contributed by atoms with Gasteiger partial charge < -0.3 is 5.11 Å². The summed E-state index contributed by atoms with van der Waals surface area (Å²) in [6.07, 6.45) is 11.4. The van der Waals surface area contributed by atoms with Gasteiger partial charge in [-0.3, -0.25) is 0 Å². The molecule has 1 aromatic rings. The van der Waals surface area contributed by atoms with Gasteiger partial charge in [0, 0.05) is 0 Å². The van der Waals surface area contributed by atoms with Gasteiger partial charge in [-0.25, -0.2) is 0 Å². The summed E-state index contributed by atoms with van der Waals surface area (Å²) < 4.78 is 0. The molecule has 1 aliphatic rings. The summed E-state index contributed by atoms with van der Waals surface area (Å²) in [4.78, 5) is 0. The van der Waals surface area contributed by atoms with Crippen molar-refractivity contribution in [3.63, 3.8) is 0 Å². The van der Waals surface area contributed by atoms with Crippen LogP contribution >= 0.6 is 0 Å². The molecular weight excluding hydrogens is 292 g/mol. The van der Waals surface area contributed by atoms with Gasteiger partial charge in [0.1, 0.15) is 5.75 Å². The second kappa shape index (κ2) is 8.41. The predicted molar refractivity (Wildman–Crippen MR) is 105 cm³/mol. The van der Waals surface area contributed by atoms with Crippen LogP contribution in [0.1, 0.15) is 121 Å². The summed E-state index contributed by atoms with van der Waals surface area (Å²) in [5.41, 5.74) is 3.95. The first-order valence-electron chi connectivity index (χ1n) is 10.2. The van der Waals surface area contributed by atoms with E-state index in [4.69, 9.17) is 0 Å². The first-order chi connectivity index (χ1) is 11.3. The van der Waals surface area contributed by atoms with E-state index in [1.54, 1.807) is 0 Å². The van der Waals surface area contributed by atoms with Crippen molar-refractivity contribution in [3.8, 4) is 5.75 Å². The summed E-state index contributed by atoms with van der Waals surface area (Å²) in [5.74, 6) is 1.61. The summed E-state index contributed by atoms with van der Waals surface area (Å²) in [6.45, 7) is 11.4. The standard InChI is InChI=1S/C23H38O/c1-6-7-9-12-17(2)20-15-19(23(3,4)5)16-21(22(20)24)18-13-10-8-11-14-18/h15-18,24H,6-14H2,1-5H3. The second-order valence-corrected chi connectivity index (χ2v) is 8.99. The minimum Gasteiger partial charge on any atom is -0.507 e. The zero-order valence-electron chi connectivity index (χ0n) is 16.6. The van der Waals surface area contributed by atoms with E-state index in [9.17, 15) is 5.11 Å². The molecule has 1 aliphatic carbocycles. The zero-order valence-corrected chi connectivity index (χ0v) is 16.6. The molecule has 0 bridgehead atoms. The topological polar surface area (TPSA) is 20.2 Å². The van der Waals surface area contributed by atoms with Crippen LogP contribution in [0.3, 0.4) is 0 Å². The molecular formula is C23H38O. The third kappa shape index (κ3) is 4.77. The second-order valence-electron chi connectivity index (χ2n) is 8.99. The third-order valence-corrected chi connectivity index (χ3v) is 5.85. The number of hydrogen-bond acceptors (Lipinski definition) is 1. The average Bonchev–Trinajstić information content (AvgIpc) is 2.55. The van der Waals surface area contributed by atoms with E-state index in [0.29, 0.717) is 17.6 Å². The van der Waals surface area contributed by atoms with E-state index in [0.717, 1.165) is 0 Å². The number of unbranched alkanes of at least 4 members (excludes halogenated alkanes) is 2. The first-order valence-corrected chi connectivity index (χ1v) is 10.2. The quantitative estimate of drug-likeness (QED) is 0.538. The maximum absolute atomic E-state index is 11.1. The van der Waals surface area contributed by atoms with Crippen molar-refractivity contribution in [2.24, 2.45) is 0 Å². The van der Waals surface area contributed by atoms with Crippen molar-refractivity contribution in [1.82, 2.24) is 0 Å². The average molecular weight is 331 g/mol. The Morgan fingerprint density at radius 1 is 1.08 bits per heavy atom. The highest BCUT2D eigenvalue weighted by Gasteiger charge is 2.25. The van der Waals surface area contributed by atoms with Crippen molar-refractivity contribution in [2.75, 3.05) is 0 Å². The fourth-order valence-corrected chi connectivity index (χ4v) is 4.07. The predicted octanol–water partition coefficient (Wildman–Crippen LogP) is 7.42. The molecule has 0 amide bonds. The Labute approximate surface area is 149 Å². The molecule has 1 aromatic carbocycles. The normalized spacial score (nSPS) is 17.9. The molecule has 0 aromatic heterocycles. The van der Waals surface area contributed by atoms with Crippen LogP contribution in [0.25, 0.3) is 0 Å². The van der Waals surface area contributed by atoms with Crippen molar-refractivity contribution in [3.05, 3.63) is 28.8 Å². The number of benzene rings is 1. The monoisotopic (exact) mass is 330 g/mol. The van der Waals surface area contributed by atoms with E-state index >= 15 is 0 Å². The van der Waals surface area contributed by atoms with E-state index in [1.165, 1.54) is 74.5 Å². The minimum atomic E-state index is 0.134. The maximum Gasteiger partial charge on any atom is 0.122 e. The molecule has 1 nitrogen and oxygen atoms in total. The van der Waals surface area contributed by atoms with Crippen LogP contribution in [0, 0.1) is 0 Å². The summed E-state index contributed by atoms with van der Waals surface area (Å²) in [7, 11) is 0. The molecule has 0 heterocycles. The summed E-state index contributed by atoms with van der Waals surface area (Å²) >= 11 is 0. The molecule has 1 N–H and O–H groups in total. The molecule has 1 fully saturated rings. The van der Waals surface area contributed by atoms with Crippen molar-refractivity contribution in [1.29, 1.82) is 0 Å². The van der Waals surface area contributed by atoms with Gasteiger partial charge >= 0.3 is 0 Å². The van der Waals surface area contributed by atoms with Crippen LogP contribution in [0.5, 0.6) is 5.75 Å². The lowest BCUT2D eigenvalue weighted by atomic mass is 9.77. The first kappa shape index (κ1) is 19.3. The Balaban J connectivity index is 2.37. The van der Waals surface area contributed by atoms with Crippen LogP contribution in [-0.2, 0) is 5.41 Å². The van der Waals surface area contributed by atoms with Gasteiger partial charge in [0.05, 0.1) is 0 Å². The lowest BCUT2D eigenvalue weighted by Gasteiger charge is -2.29. The largest absolute Gasteiger partial charge is 0.507 e. The lowest BCUT2D eigenvalue weighted by molar-refractivity contribution is 0.406. The molecule has 2 rings (SSSR count). The third-order valence-electron chi connectivity index (χ3n) is 5.85. The summed E-state index contributed by atoms with van der Waals surface area (Å²) in [5, 5.41) is 11.1. The van der Waals surface area contributed by atoms with Crippen molar-refractivity contribution >= 4 is 0 Å². The van der Waals surface area contributed by atoms with Crippen molar-refractivity contribution in [2.45, 2.75) is 110 Å². The SMILES string of the molecule is CCCCCC(C)c1cc(C(C)(C)C)cc(C2CCCCC2)c1O. The molecule has 1 unspecified atom stereocenters. The van der Waals surface area contributed by atoms with E-state index in [1.807, 2.05) is 0 Å². The van der Waals surface area contributed by atoms with Crippen LogP contribution < -0.4 is 0 Å². The highest BCUT2D eigenvalue weighted by Crippen LogP contribution is 2.43. The lowest BCUT2D eigenvalue weighted by Crippen LogP contribution is -2.15. The maximum atomic E-state index is 11.1. The number of phenols is 1. The van der Waals surface area contributed by atoms with Gasteiger partial charge in [0.15, 0.2) is 0 Å². The van der Waals surface area contributed by atoms with E-state index < -0.39 is 0 Å². The van der Waals surface area contributed by atoms with Crippen LogP contribution in [0.15, 0.2) is 12.1 Å². The van der Waals surface area contributed by atoms with Crippen LogP contribution in [0.2, 0.25) is 0 Å². The van der Waals surface area contributed by atoms with Crippen molar-refractivity contribution < 1.29 is 5.11 Å². The molecule has 0 aliphatic heterocycles. The van der Waals surface area contributed by atoms with E-state index in [2.05, 4.69) is 46.8 Å². The molecule has 136 valence electrons. The van der Waals surface area contributed by atoms with E-state index in [-0.39, 0.29) is 5.41 Å². The van der Waals surface area contributed by atoms with Crippen LogP contribution in [-0.4, -0.2) is 5.11 Å². The van der Waals surface area contributed by atoms with Gasteiger partial charge in [-0.2, -0.15) is 0 Å². The fraction of sp³-hybridized carbons (Fsp3) is 0.739. The molecule has 24 heavy (non-hydrogen) atoms. The van der Waals surface area contributed by atoms with Gasteiger partial charge in [0.25, 0.3) is 0 Å². The molecule has 1 atom stereocenters. The molecule has 0 saturated heterocycles. The van der Waals surface area contributed by atoms with Gasteiger partial charge in [-0.15, -0.1) is 0 Å². The van der Waals surface area contributed by atoms with Gasteiger partial charge in [-0.1, -0.05) is 85.3 Å². The highest BCUT2D eigenvalue weighted by atomic mass is 16.3. The number of hydrogen-bond donors (Lipinski definition) is 1. The van der Waals surface area contributed by atoms with Gasteiger partial charge in [0.2, 0.25) is 0 Å². The fourth-order valence-electron chi connectivity index (χ4n) is 4.07. The smallest absolute Gasteiger partial charge is 0.122 e. The Kier molecular flexibility index (Phi) is 6.78. The Morgan fingerprint density at radius 2 is 1.75 bits per heavy atom. The Bertz CT molecular complexity index is 518. The highest BCUT2D eigenvalue weighted by molar-refractivity contribution is 5.49.